The normalized spacial score (nSPS) is 34.2. The van der Waals surface area contributed by atoms with Crippen LogP contribution in [0.2, 0.25) is 0 Å². The van der Waals surface area contributed by atoms with Crippen LogP contribution in [0.25, 0.3) is 0 Å². The summed E-state index contributed by atoms with van der Waals surface area (Å²) in [5, 5.41) is 0. The van der Waals surface area contributed by atoms with Gasteiger partial charge in [-0.15, -0.1) is 0 Å². The van der Waals surface area contributed by atoms with Crippen molar-refractivity contribution >= 4 is 11.8 Å². The zero-order valence-corrected chi connectivity index (χ0v) is 7.66. The SMILES string of the molecule is CCOC(=O)C1C(C)C(=O)C1C. The number of esters is 1. The van der Waals surface area contributed by atoms with Gasteiger partial charge in [0.25, 0.3) is 0 Å². The molecule has 0 amide bonds. The Morgan fingerprint density at radius 2 is 1.92 bits per heavy atom. The van der Waals surface area contributed by atoms with Crippen molar-refractivity contribution in [3.8, 4) is 0 Å². The highest BCUT2D eigenvalue weighted by Gasteiger charge is 2.48. The lowest BCUT2D eigenvalue weighted by atomic mass is 9.65. The van der Waals surface area contributed by atoms with Crippen molar-refractivity contribution in [3.05, 3.63) is 0 Å². The first-order valence-corrected chi connectivity index (χ1v) is 4.30. The van der Waals surface area contributed by atoms with Crippen LogP contribution in [0.5, 0.6) is 0 Å². The molecule has 0 saturated heterocycles. The molecular weight excluding hydrogens is 156 g/mol. The fourth-order valence-corrected chi connectivity index (χ4v) is 1.73. The molecule has 0 aromatic carbocycles. The third-order valence-corrected chi connectivity index (χ3v) is 2.53. The molecule has 0 aromatic heterocycles. The van der Waals surface area contributed by atoms with Crippen LogP contribution in [0.3, 0.4) is 0 Å². The Morgan fingerprint density at radius 3 is 2.33 bits per heavy atom. The van der Waals surface area contributed by atoms with E-state index in [1.807, 2.05) is 0 Å². The summed E-state index contributed by atoms with van der Waals surface area (Å²) >= 11 is 0. The molecule has 0 heterocycles. The molecule has 1 aliphatic carbocycles. The fraction of sp³-hybridized carbons (Fsp3) is 0.778. The van der Waals surface area contributed by atoms with Gasteiger partial charge in [0.15, 0.2) is 0 Å². The minimum absolute atomic E-state index is 0.140. The largest absolute Gasteiger partial charge is 0.466 e. The summed E-state index contributed by atoms with van der Waals surface area (Å²) in [6, 6.07) is 0. The van der Waals surface area contributed by atoms with E-state index in [9.17, 15) is 9.59 Å². The number of carbonyl (C=O) groups excluding carboxylic acids is 2. The Kier molecular flexibility index (Phi) is 2.50. The van der Waals surface area contributed by atoms with Crippen LogP contribution in [0.4, 0.5) is 0 Å². The van der Waals surface area contributed by atoms with Crippen LogP contribution >= 0.6 is 0 Å². The van der Waals surface area contributed by atoms with Crippen molar-refractivity contribution in [2.75, 3.05) is 6.61 Å². The molecule has 0 N–H and O–H groups in total. The maximum atomic E-state index is 11.2. The zero-order chi connectivity index (χ0) is 9.30. The average molecular weight is 170 g/mol. The van der Waals surface area contributed by atoms with Gasteiger partial charge in [0.2, 0.25) is 0 Å². The minimum Gasteiger partial charge on any atom is -0.466 e. The number of rotatable bonds is 2. The van der Waals surface area contributed by atoms with Crippen molar-refractivity contribution in [3.63, 3.8) is 0 Å². The molecule has 12 heavy (non-hydrogen) atoms. The topological polar surface area (TPSA) is 43.4 Å². The summed E-state index contributed by atoms with van der Waals surface area (Å²) in [5.41, 5.74) is 0. The summed E-state index contributed by atoms with van der Waals surface area (Å²) in [6.07, 6.45) is 0. The number of ketones is 1. The number of hydrogen-bond donors (Lipinski definition) is 0. The van der Waals surface area contributed by atoms with Crippen molar-refractivity contribution in [1.82, 2.24) is 0 Å². The quantitative estimate of drug-likeness (QED) is 0.581. The molecule has 2 unspecified atom stereocenters. The molecule has 1 aliphatic rings. The smallest absolute Gasteiger partial charge is 0.310 e. The summed E-state index contributed by atoms with van der Waals surface area (Å²) in [4.78, 5) is 22.3. The van der Waals surface area contributed by atoms with E-state index in [1.165, 1.54) is 0 Å². The van der Waals surface area contributed by atoms with Crippen molar-refractivity contribution in [1.29, 1.82) is 0 Å². The van der Waals surface area contributed by atoms with Crippen molar-refractivity contribution in [2.45, 2.75) is 20.8 Å². The van der Waals surface area contributed by atoms with E-state index in [-0.39, 0.29) is 29.5 Å². The van der Waals surface area contributed by atoms with Crippen LogP contribution in [0, 0.1) is 17.8 Å². The van der Waals surface area contributed by atoms with E-state index >= 15 is 0 Å². The Morgan fingerprint density at radius 1 is 1.42 bits per heavy atom. The van der Waals surface area contributed by atoms with E-state index in [0.29, 0.717) is 6.61 Å². The van der Waals surface area contributed by atoms with Crippen molar-refractivity contribution in [2.24, 2.45) is 17.8 Å². The lowest BCUT2D eigenvalue weighted by molar-refractivity contribution is -0.165. The highest BCUT2D eigenvalue weighted by atomic mass is 16.5. The second-order valence-electron chi connectivity index (χ2n) is 3.26. The molecule has 68 valence electrons. The van der Waals surface area contributed by atoms with E-state index in [2.05, 4.69) is 0 Å². The fourth-order valence-electron chi connectivity index (χ4n) is 1.73. The second kappa shape index (κ2) is 3.25. The predicted octanol–water partition coefficient (Wildman–Crippen LogP) is 1.02. The number of Topliss-reactive ketones (excluding diaryl/α,β-unsaturated/α-hetero) is 1. The van der Waals surface area contributed by atoms with Crippen LogP contribution in [0.1, 0.15) is 20.8 Å². The van der Waals surface area contributed by atoms with Gasteiger partial charge < -0.3 is 4.74 Å². The van der Waals surface area contributed by atoms with Gasteiger partial charge in [-0.2, -0.15) is 0 Å². The summed E-state index contributed by atoms with van der Waals surface area (Å²) < 4.78 is 4.84. The van der Waals surface area contributed by atoms with Crippen LogP contribution in [-0.4, -0.2) is 18.4 Å². The Balaban J connectivity index is 2.54. The third-order valence-electron chi connectivity index (χ3n) is 2.53. The number of hydrogen-bond acceptors (Lipinski definition) is 3. The summed E-state index contributed by atoms with van der Waals surface area (Å²) in [5.74, 6) is -0.527. The first-order chi connectivity index (χ1) is 5.59. The molecule has 0 aliphatic heterocycles. The van der Waals surface area contributed by atoms with Gasteiger partial charge in [0, 0.05) is 11.8 Å². The molecule has 0 aromatic rings. The number of ether oxygens (including phenoxy) is 1. The Bertz CT molecular complexity index is 198. The second-order valence-corrected chi connectivity index (χ2v) is 3.26. The maximum absolute atomic E-state index is 11.2. The first kappa shape index (κ1) is 9.23. The predicted molar refractivity (Wildman–Crippen MR) is 43.5 cm³/mol. The molecule has 1 rings (SSSR count). The van der Waals surface area contributed by atoms with E-state index in [1.54, 1.807) is 20.8 Å². The lowest BCUT2D eigenvalue weighted by Crippen LogP contribution is -2.49. The number of carbonyl (C=O) groups is 2. The molecule has 3 heteroatoms. The first-order valence-electron chi connectivity index (χ1n) is 4.30. The van der Waals surface area contributed by atoms with Crippen LogP contribution in [0.15, 0.2) is 0 Å². The minimum atomic E-state index is -0.225. The highest BCUT2D eigenvalue weighted by molar-refractivity contribution is 5.98. The van der Waals surface area contributed by atoms with E-state index in [0.717, 1.165) is 0 Å². The maximum Gasteiger partial charge on any atom is 0.310 e. The molecule has 1 fully saturated rings. The Hall–Kier alpha value is -0.860. The average Bonchev–Trinajstić information content (AvgIpc) is 2.05. The molecule has 0 bridgehead atoms. The van der Waals surface area contributed by atoms with Gasteiger partial charge in [-0.25, -0.2) is 0 Å². The Labute approximate surface area is 72.1 Å². The van der Waals surface area contributed by atoms with E-state index in [4.69, 9.17) is 4.74 Å². The third kappa shape index (κ3) is 1.24. The highest BCUT2D eigenvalue weighted by Crippen LogP contribution is 2.36. The standard InChI is InChI=1S/C9H14O3/c1-4-12-9(11)7-5(2)8(10)6(7)3/h5-7H,4H2,1-3H3. The molecule has 2 atom stereocenters. The zero-order valence-electron chi connectivity index (χ0n) is 7.66. The lowest BCUT2D eigenvalue weighted by Gasteiger charge is -2.36. The van der Waals surface area contributed by atoms with E-state index < -0.39 is 0 Å². The van der Waals surface area contributed by atoms with Gasteiger partial charge in [0.05, 0.1) is 12.5 Å². The summed E-state index contributed by atoms with van der Waals surface area (Å²) in [7, 11) is 0. The van der Waals surface area contributed by atoms with Crippen molar-refractivity contribution < 1.29 is 14.3 Å². The monoisotopic (exact) mass is 170 g/mol. The molecule has 3 nitrogen and oxygen atoms in total. The summed E-state index contributed by atoms with van der Waals surface area (Å²) in [6.45, 7) is 5.73. The molecule has 0 radical (unpaired) electrons. The van der Waals surface area contributed by atoms with Gasteiger partial charge in [-0.1, -0.05) is 13.8 Å². The van der Waals surface area contributed by atoms with Gasteiger partial charge >= 0.3 is 5.97 Å². The molecular formula is C9H14O3. The van der Waals surface area contributed by atoms with Gasteiger partial charge in [-0.3, -0.25) is 9.59 Å². The molecule has 1 saturated carbocycles. The van der Waals surface area contributed by atoms with Crippen LogP contribution < -0.4 is 0 Å². The van der Waals surface area contributed by atoms with Gasteiger partial charge in [0.1, 0.15) is 5.78 Å². The molecule has 0 spiro atoms. The van der Waals surface area contributed by atoms with Gasteiger partial charge in [-0.05, 0) is 6.92 Å². The van der Waals surface area contributed by atoms with Crippen LogP contribution in [-0.2, 0) is 14.3 Å².